The fourth-order valence-corrected chi connectivity index (χ4v) is 2.31. The van der Waals surface area contributed by atoms with Crippen molar-refractivity contribution in [2.24, 2.45) is 0 Å². The summed E-state index contributed by atoms with van der Waals surface area (Å²) in [4.78, 5) is 26.1. The van der Waals surface area contributed by atoms with Gasteiger partial charge in [0.25, 0.3) is 5.91 Å². The monoisotopic (exact) mass is 340 g/mol. The molecule has 0 fully saturated rings. The highest BCUT2D eigenvalue weighted by atomic mass is 35.5. The molecule has 0 aliphatic rings. The van der Waals surface area contributed by atoms with Crippen LogP contribution in [0.5, 0.6) is 5.75 Å². The van der Waals surface area contributed by atoms with Gasteiger partial charge in [0.15, 0.2) is 5.69 Å². The first-order valence-electron chi connectivity index (χ1n) is 6.75. The SMILES string of the molecule is [B]c1c(Cl)cc(-c2cnc(C(=O)NCC(=O)O)c(O)c2)c(C)c1[B]. The number of rotatable bonds is 4. The van der Waals surface area contributed by atoms with Crippen LogP contribution in [0, 0.1) is 6.92 Å². The molecule has 0 aliphatic carbocycles. The van der Waals surface area contributed by atoms with Crippen LogP contribution in [0.1, 0.15) is 16.1 Å². The van der Waals surface area contributed by atoms with Gasteiger partial charge in [-0.05, 0) is 24.6 Å². The molecule has 0 aliphatic heterocycles. The maximum Gasteiger partial charge on any atom is 0.322 e. The Labute approximate surface area is 145 Å². The molecule has 1 amide bonds. The predicted molar refractivity (Wildman–Crippen MR) is 91.8 cm³/mol. The lowest BCUT2D eigenvalue weighted by atomic mass is 9.76. The number of carboxylic acids is 1. The Balaban J connectivity index is 2.40. The molecular weight excluding hydrogens is 329 g/mol. The van der Waals surface area contributed by atoms with Crippen molar-refractivity contribution in [2.75, 3.05) is 6.54 Å². The molecule has 1 heterocycles. The van der Waals surface area contributed by atoms with Crippen LogP contribution in [0.2, 0.25) is 5.02 Å². The first kappa shape index (κ1) is 17.9. The number of aliphatic carboxylic acids is 1. The first-order chi connectivity index (χ1) is 11.2. The molecule has 9 heteroatoms. The number of hydrogen-bond acceptors (Lipinski definition) is 4. The fourth-order valence-electron chi connectivity index (χ4n) is 2.10. The maximum atomic E-state index is 11.8. The van der Waals surface area contributed by atoms with Gasteiger partial charge in [0.2, 0.25) is 0 Å². The lowest BCUT2D eigenvalue weighted by molar-refractivity contribution is -0.135. The van der Waals surface area contributed by atoms with Crippen molar-refractivity contribution in [2.45, 2.75) is 6.92 Å². The van der Waals surface area contributed by atoms with Crippen LogP contribution >= 0.6 is 11.6 Å². The molecule has 6 nitrogen and oxygen atoms in total. The molecule has 0 bridgehead atoms. The molecule has 2 rings (SSSR count). The molecule has 1 aromatic heterocycles. The van der Waals surface area contributed by atoms with Gasteiger partial charge in [-0.25, -0.2) is 4.98 Å². The molecule has 2 aromatic rings. The smallest absolute Gasteiger partial charge is 0.322 e. The normalized spacial score (nSPS) is 10.4. The fraction of sp³-hybridized carbons (Fsp3) is 0.133. The predicted octanol–water partition coefficient (Wildman–Crippen LogP) is -0.182. The largest absolute Gasteiger partial charge is 0.505 e. The van der Waals surface area contributed by atoms with Crippen molar-refractivity contribution in [3.8, 4) is 16.9 Å². The van der Waals surface area contributed by atoms with Crippen molar-refractivity contribution < 1.29 is 19.8 Å². The number of hydrogen-bond donors (Lipinski definition) is 3. The quantitative estimate of drug-likeness (QED) is 0.671. The summed E-state index contributed by atoms with van der Waals surface area (Å²) in [6, 6.07) is 2.90. The van der Waals surface area contributed by atoms with E-state index in [1.54, 1.807) is 13.0 Å². The lowest BCUT2D eigenvalue weighted by Gasteiger charge is -2.15. The molecule has 3 N–H and O–H groups in total. The van der Waals surface area contributed by atoms with Crippen molar-refractivity contribution in [1.29, 1.82) is 0 Å². The number of amides is 1. The van der Waals surface area contributed by atoms with Crippen molar-refractivity contribution in [1.82, 2.24) is 10.3 Å². The molecule has 0 spiro atoms. The second-order valence-electron chi connectivity index (χ2n) is 5.03. The Bertz CT molecular complexity index is 843. The number of carbonyl (C=O) groups is 2. The van der Waals surface area contributed by atoms with E-state index in [1.807, 2.05) is 0 Å². The van der Waals surface area contributed by atoms with Crippen LogP contribution in [0.15, 0.2) is 18.3 Å². The van der Waals surface area contributed by atoms with Gasteiger partial charge in [0.1, 0.15) is 28.0 Å². The minimum absolute atomic E-state index is 0.260. The van der Waals surface area contributed by atoms with E-state index in [0.29, 0.717) is 22.2 Å². The Morgan fingerprint density at radius 1 is 1.29 bits per heavy atom. The zero-order chi connectivity index (χ0) is 18.0. The summed E-state index contributed by atoms with van der Waals surface area (Å²) in [5.41, 5.74) is 2.04. The standard InChI is InChI=1S/C15H11B2ClN2O4/c1-6-8(3-9(18)13(17)12(6)16)7-2-10(21)14(19-4-7)15(24)20-5-11(22)23/h2-4,21H,5H2,1H3,(H,20,24)(H,22,23). The molecule has 118 valence electrons. The van der Waals surface area contributed by atoms with Gasteiger partial charge in [0, 0.05) is 16.8 Å². The van der Waals surface area contributed by atoms with Gasteiger partial charge in [-0.3, -0.25) is 9.59 Å². The number of carbonyl (C=O) groups excluding carboxylic acids is 1. The average molecular weight is 340 g/mol. The highest BCUT2D eigenvalue weighted by Crippen LogP contribution is 2.28. The molecular formula is C15H11B2ClN2O4. The van der Waals surface area contributed by atoms with E-state index in [0.717, 1.165) is 0 Å². The Kier molecular flexibility index (Phi) is 5.19. The van der Waals surface area contributed by atoms with Crippen molar-refractivity contribution >= 4 is 50.1 Å². The molecule has 0 saturated carbocycles. The lowest BCUT2D eigenvalue weighted by Crippen LogP contribution is -2.30. The second-order valence-corrected chi connectivity index (χ2v) is 5.43. The summed E-state index contributed by atoms with van der Waals surface area (Å²) >= 11 is 6.03. The summed E-state index contributed by atoms with van der Waals surface area (Å²) < 4.78 is 0. The number of pyridine rings is 1. The van der Waals surface area contributed by atoms with E-state index in [2.05, 4.69) is 10.3 Å². The van der Waals surface area contributed by atoms with Crippen LogP contribution in [0.3, 0.4) is 0 Å². The number of carboxylic acid groups (broad SMARTS) is 1. The number of halogens is 1. The van der Waals surface area contributed by atoms with E-state index >= 15 is 0 Å². The third kappa shape index (κ3) is 3.54. The summed E-state index contributed by atoms with van der Waals surface area (Å²) in [5.74, 6) is -2.41. The second kappa shape index (κ2) is 6.97. The van der Waals surface area contributed by atoms with Crippen LogP contribution < -0.4 is 16.2 Å². The van der Waals surface area contributed by atoms with Crippen LogP contribution in [0.25, 0.3) is 11.1 Å². The highest BCUT2D eigenvalue weighted by molar-refractivity contribution is 6.55. The third-order valence-corrected chi connectivity index (χ3v) is 3.73. The zero-order valence-electron chi connectivity index (χ0n) is 12.6. The number of nitrogens with one attached hydrogen (secondary N) is 1. The van der Waals surface area contributed by atoms with E-state index in [-0.39, 0.29) is 16.2 Å². The van der Waals surface area contributed by atoms with Gasteiger partial charge in [0.05, 0.1) is 0 Å². The van der Waals surface area contributed by atoms with Gasteiger partial charge >= 0.3 is 5.97 Å². The number of nitrogens with zero attached hydrogens (tertiary/aromatic N) is 1. The van der Waals surface area contributed by atoms with Gasteiger partial charge in [-0.2, -0.15) is 0 Å². The van der Waals surface area contributed by atoms with Crippen molar-refractivity contribution in [3.63, 3.8) is 0 Å². The van der Waals surface area contributed by atoms with E-state index < -0.39 is 24.2 Å². The van der Waals surface area contributed by atoms with Crippen LogP contribution in [-0.4, -0.2) is 49.3 Å². The van der Waals surface area contributed by atoms with Gasteiger partial charge < -0.3 is 15.5 Å². The Morgan fingerprint density at radius 2 is 1.96 bits per heavy atom. The first-order valence-corrected chi connectivity index (χ1v) is 7.13. The Morgan fingerprint density at radius 3 is 2.54 bits per heavy atom. The third-order valence-electron chi connectivity index (χ3n) is 3.42. The van der Waals surface area contributed by atoms with Crippen molar-refractivity contribution in [3.05, 3.63) is 34.6 Å². The average Bonchev–Trinajstić information content (AvgIpc) is 2.53. The van der Waals surface area contributed by atoms with Gasteiger partial charge in [-0.15, -0.1) is 0 Å². The van der Waals surface area contributed by atoms with Crippen LogP contribution in [-0.2, 0) is 4.79 Å². The summed E-state index contributed by atoms with van der Waals surface area (Å²) in [7, 11) is 11.7. The number of benzene rings is 1. The zero-order valence-corrected chi connectivity index (χ0v) is 13.4. The number of aromatic nitrogens is 1. The molecule has 0 unspecified atom stereocenters. The molecule has 24 heavy (non-hydrogen) atoms. The molecule has 0 atom stereocenters. The van der Waals surface area contributed by atoms with E-state index in [4.69, 9.17) is 32.4 Å². The number of aromatic hydroxyl groups is 1. The minimum Gasteiger partial charge on any atom is -0.505 e. The highest BCUT2D eigenvalue weighted by Gasteiger charge is 2.16. The summed E-state index contributed by atoms with van der Waals surface area (Å²) in [5, 5.41) is 20.9. The summed E-state index contributed by atoms with van der Waals surface area (Å²) in [6.07, 6.45) is 1.35. The minimum atomic E-state index is -1.21. The van der Waals surface area contributed by atoms with E-state index in [9.17, 15) is 14.7 Å². The Hall–Kier alpha value is -2.47. The summed E-state index contributed by atoms with van der Waals surface area (Å²) in [6.45, 7) is 1.16. The van der Waals surface area contributed by atoms with Gasteiger partial charge in [-0.1, -0.05) is 28.1 Å². The maximum absolute atomic E-state index is 11.8. The molecule has 1 aromatic carbocycles. The topological polar surface area (TPSA) is 99.5 Å². The van der Waals surface area contributed by atoms with Crippen LogP contribution in [0.4, 0.5) is 0 Å². The molecule has 0 saturated heterocycles. The van der Waals surface area contributed by atoms with E-state index in [1.165, 1.54) is 12.3 Å². The molecule has 4 radical (unpaired) electrons.